The van der Waals surface area contributed by atoms with Crippen molar-refractivity contribution >= 4 is 49.3 Å². The third-order valence-electron chi connectivity index (χ3n) is 11.3. The summed E-state index contributed by atoms with van der Waals surface area (Å²) in [5, 5.41) is 14.5. The molecule has 0 spiro atoms. The van der Waals surface area contributed by atoms with Crippen molar-refractivity contribution in [1.29, 1.82) is 5.26 Å². The summed E-state index contributed by atoms with van der Waals surface area (Å²) in [5.74, 6) is 0. The van der Waals surface area contributed by atoms with Crippen LogP contribution in [0.5, 0.6) is 0 Å². The Labute approximate surface area is 325 Å². The van der Waals surface area contributed by atoms with E-state index in [1.807, 2.05) is 24.3 Å². The van der Waals surface area contributed by atoms with E-state index in [-0.39, 0.29) is 0 Å². The smallest absolute Gasteiger partial charge is 0.234 e. The van der Waals surface area contributed by atoms with Gasteiger partial charge in [-0.25, -0.2) is 4.85 Å². The molecule has 0 bridgehead atoms. The SMILES string of the molecule is [C-]#[N+]c1c(-n2c3ccccc3c3ccc(-c4ccccc4C)cc32)ccc(-c2cccc(C#N)c2)c1-n1c2ccccc2c2ccc(-c3ccccc3C)cc21. The van der Waals surface area contributed by atoms with E-state index >= 15 is 0 Å². The fraction of sp³-hybridized carbons (Fsp3) is 0.0385. The molecule has 262 valence electrons. The van der Waals surface area contributed by atoms with Crippen LogP contribution >= 0.6 is 0 Å². The fourth-order valence-electron chi connectivity index (χ4n) is 8.65. The highest BCUT2D eigenvalue weighted by Gasteiger charge is 2.25. The molecule has 0 aliphatic rings. The van der Waals surface area contributed by atoms with Gasteiger partial charge in [-0.3, -0.25) is 0 Å². The Bertz CT molecular complexity index is 3310. The van der Waals surface area contributed by atoms with Crippen molar-refractivity contribution in [2.45, 2.75) is 13.8 Å². The standard InChI is InChI=1S/C52H34N4/c1-33-13-4-6-17-39(33)37-23-25-44-42-19-8-10-21-46(42)55(49(44)30-37)48-28-27-41(36-16-12-15-35(29-36)32-53)52(51(48)54-3)56-47-22-11-9-20-43(47)45-26-24-38(31-50(45)56)40-18-7-5-14-34(40)2/h4-31H,1-2H3. The van der Waals surface area contributed by atoms with Gasteiger partial charge in [0, 0.05) is 21.5 Å². The number of hydrogen-bond donors (Lipinski definition) is 0. The molecule has 2 aromatic heterocycles. The lowest BCUT2D eigenvalue weighted by molar-refractivity contribution is 1.15. The van der Waals surface area contributed by atoms with Crippen molar-refractivity contribution in [3.63, 3.8) is 0 Å². The Hall–Kier alpha value is -7.66. The molecular weight excluding hydrogens is 681 g/mol. The number of nitrogens with zero attached hydrogens (tertiary/aromatic N) is 4. The minimum atomic E-state index is 0.526. The van der Waals surface area contributed by atoms with Crippen LogP contribution in [0.1, 0.15) is 16.7 Å². The van der Waals surface area contributed by atoms with Crippen LogP contribution in [0.2, 0.25) is 0 Å². The van der Waals surface area contributed by atoms with Gasteiger partial charge in [-0.05, 0) is 101 Å². The summed E-state index contributed by atoms with van der Waals surface area (Å²) >= 11 is 0. The van der Waals surface area contributed by atoms with E-state index in [9.17, 15) is 5.26 Å². The summed E-state index contributed by atoms with van der Waals surface area (Å²) in [4.78, 5) is 4.47. The molecule has 4 heteroatoms. The molecule has 56 heavy (non-hydrogen) atoms. The lowest BCUT2D eigenvalue weighted by atomic mass is 9.98. The molecule has 8 aromatic carbocycles. The molecule has 10 rings (SSSR count). The number of nitriles is 1. The number of aryl methyl sites for hydroxylation is 2. The summed E-state index contributed by atoms with van der Waals surface area (Å²) in [6.07, 6.45) is 0. The van der Waals surface area contributed by atoms with Crippen LogP contribution in [0.15, 0.2) is 170 Å². The van der Waals surface area contributed by atoms with Crippen molar-refractivity contribution in [2.75, 3.05) is 0 Å². The first kappa shape index (κ1) is 32.9. The van der Waals surface area contributed by atoms with Gasteiger partial charge in [-0.2, -0.15) is 5.26 Å². The molecular formula is C52H34N4. The van der Waals surface area contributed by atoms with Crippen LogP contribution in [-0.2, 0) is 0 Å². The van der Waals surface area contributed by atoms with Crippen LogP contribution in [0.25, 0.3) is 93.2 Å². The average molecular weight is 715 g/mol. The van der Waals surface area contributed by atoms with E-state index in [1.54, 1.807) is 0 Å². The normalized spacial score (nSPS) is 11.4. The maximum Gasteiger partial charge on any atom is 0.234 e. The summed E-state index contributed by atoms with van der Waals surface area (Å²) in [6.45, 7) is 13.3. The van der Waals surface area contributed by atoms with E-state index in [4.69, 9.17) is 6.57 Å². The van der Waals surface area contributed by atoms with Crippen LogP contribution in [0.3, 0.4) is 0 Å². The van der Waals surface area contributed by atoms with Crippen molar-refractivity contribution in [3.8, 4) is 50.8 Å². The molecule has 0 unspecified atom stereocenters. The first-order valence-electron chi connectivity index (χ1n) is 18.8. The number of rotatable bonds is 5. The Kier molecular flexibility index (Phi) is 7.66. The second kappa shape index (κ2) is 13.0. The zero-order valence-electron chi connectivity index (χ0n) is 31.0. The van der Waals surface area contributed by atoms with Gasteiger partial charge in [0.2, 0.25) is 5.69 Å². The van der Waals surface area contributed by atoms with Crippen molar-refractivity contribution in [1.82, 2.24) is 9.13 Å². The van der Waals surface area contributed by atoms with Crippen molar-refractivity contribution < 1.29 is 0 Å². The van der Waals surface area contributed by atoms with Gasteiger partial charge < -0.3 is 9.13 Å². The van der Waals surface area contributed by atoms with Gasteiger partial charge in [0.05, 0.1) is 51.6 Å². The van der Waals surface area contributed by atoms with Gasteiger partial charge in [-0.15, -0.1) is 0 Å². The van der Waals surface area contributed by atoms with Crippen LogP contribution in [-0.4, -0.2) is 9.13 Å². The molecule has 0 radical (unpaired) electrons. The van der Waals surface area contributed by atoms with Gasteiger partial charge in [0.15, 0.2) is 0 Å². The predicted molar refractivity (Wildman–Crippen MR) is 232 cm³/mol. The second-order valence-corrected chi connectivity index (χ2v) is 14.4. The minimum absolute atomic E-state index is 0.526. The van der Waals surface area contributed by atoms with E-state index in [1.165, 1.54) is 22.3 Å². The van der Waals surface area contributed by atoms with Crippen molar-refractivity contribution in [3.05, 3.63) is 198 Å². The highest BCUT2D eigenvalue weighted by Crippen LogP contribution is 2.46. The van der Waals surface area contributed by atoms with E-state index < -0.39 is 0 Å². The average Bonchev–Trinajstić information content (AvgIpc) is 3.75. The highest BCUT2D eigenvalue weighted by molar-refractivity contribution is 6.13. The summed E-state index contributed by atoms with van der Waals surface area (Å²) in [5.41, 5.74) is 15.5. The molecule has 0 aliphatic carbocycles. The number of aromatic nitrogens is 2. The first-order valence-corrected chi connectivity index (χ1v) is 18.8. The quantitative estimate of drug-likeness (QED) is 0.164. The molecule has 10 aromatic rings. The number of para-hydroxylation sites is 2. The van der Waals surface area contributed by atoms with Gasteiger partial charge in [-0.1, -0.05) is 127 Å². The third-order valence-corrected chi connectivity index (χ3v) is 11.3. The Balaban J connectivity index is 1.35. The summed E-state index contributed by atoms with van der Waals surface area (Å²) in [6, 6.07) is 61.5. The minimum Gasteiger partial charge on any atom is -0.319 e. The number of hydrogen-bond acceptors (Lipinski definition) is 1. The molecule has 2 heterocycles. The maximum atomic E-state index is 9.99. The van der Waals surface area contributed by atoms with Crippen LogP contribution in [0.4, 0.5) is 5.69 Å². The van der Waals surface area contributed by atoms with Crippen molar-refractivity contribution in [2.24, 2.45) is 0 Å². The molecule has 0 amide bonds. The number of fused-ring (bicyclic) bond motifs is 6. The largest absolute Gasteiger partial charge is 0.319 e. The Morgan fingerprint density at radius 2 is 0.982 bits per heavy atom. The summed E-state index contributed by atoms with van der Waals surface area (Å²) < 4.78 is 4.55. The van der Waals surface area contributed by atoms with Gasteiger partial charge in [0.25, 0.3) is 0 Å². The maximum absolute atomic E-state index is 9.99. The van der Waals surface area contributed by atoms with Gasteiger partial charge in [0.1, 0.15) is 0 Å². The Morgan fingerprint density at radius 1 is 0.464 bits per heavy atom. The molecule has 0 fully saturated rings. The predicted octanol–water partition coefficient (Wildman–Crippen LogP) is 13.9. The van der Waals surface area contributed by atoms with E-state index in [0.717, 1.165) is 77.2 Å². The lowest BCUT2D eigenvalue weighted by Gasteiger charge is -2.20. The van der Waals surface area contributed by atoms with E-state index in [0.29, 0.717) is 11.3 Å². The first-order chi connectivity index (χ1) is 27.5. The zero-order valence-corrected chi connectivity index (χ0v) is 31.0. The highest BCUT2D eigenvalue weighted by atomic mass is 15.1. The summed E-state index contributed by atoms with van der Waals surface area (Å²) in [7, 11) is 0. The van der Waals surface area contributed by atoms with Crippen LogP contribution < -0.4 is 0 Å². The monoisotopic (exact) mass is 714 g/mol. The van der Waals surface area contributed by atoms with E-state index in [2.05, 4.69) is 179 Å². The third kappa shape index (κ3) is 5.05. The van der Waals surface area contributed by atoms with Gasteiger partial charge >= 0.3 is 0 Å². The molecule has 0 aliphatic heterocycles. The van der Waals surface area contributed by atoms with Crippen LogP contribution in [0, 0.1) is 31.8 Å². The molecule has 0 saturated heterocycles. The molecule has 0 saturated carbocycles. The molecule has 4 nitrogen and oxygen atoms in total. The number of benzene rings is 8. The zero-order chi connectivity index (χ0) is 37.9. The lowest BCUT2D eigenvalue weighted by Crippen LogP contribution is -2.03. The molecule has 0 atom stereocenters. The molecule has 0 N–H and O–H groups in total. The Morgan fingerprint density at radius 3 is 1.57 bits per heavy atom. The topological polar surface area (TPSA) is 38.0 Å². The second-order valence-electron chi connectivity index (χ2n) is 14.4. The fourth-order valence-corrected chi connectivity index (χ4v) is 8.65.